The van der Waals surface area contributed by atoms with Crippen LogP contribution in [-0.4, -0.2) is 11.1 Å². The van der Waals surface area contributed by atoms with Gasteiger partial charge in [-0.2, -0.15) is 0 Å². The predicted molar refractivity (Wildman–Crippen MR) is 78.0 cm³/mol. The normalized spacial score (nSPS) is 9.24. The van der Waals surface area contributed by atoms with Crippen molar-refractivity contribution in [2.75, 3.05) is 0 Å². The SMILES string of the molecule is CCCCCCc1[nH]cc[n+]1C.N#C[B-](C#N)(C#N)C#N. The Kier molecular flexibility index (Phi) is 8.75. The highest BCUT2D eigenvalue weighted by atomic mass is 15.0. The van der Waals surface area contributed by atoms with Gasteiger partial charge in [0.15, 0.2) is 0 Å². The summed E-state index contributed by atoms with van der Waals surface area (Å²) in [7, 11) is 2.09. The third kappa shape index (κ3) is 6.28. The van der Waals surface area contributed by atoms with E-state index in [-0.39, 0.29) is 0 Å². The van der Waals surface area contributed by atoms with Gasteiger partial charge in [0.25, 0.3) is 5.82 Å². The van der Waals surface area contributed by atoms with Crippen LogP contribution < -0.4 is 4.57 Å². The van der Waals surface area contributed by atoms with E-state index in [4.69, 9.17) is 21.0 Å². The lowest BCUT2D eigenvalue weighted by molar-refractivity contribution is -0.677. The minimum Gasteiger partial charge on any atom is -0.248 e. The van der Waals surface area contributed by atoms with Crippen LogP contribution in [0, 0.1) is 44.9 Å². The molecule has 21 heavy (non-hydrogen) atoms. The second kappa shape index (κ2) is 10.1. The van der Waals surface area contributed by atoms with Gasteiger partial charge in [-0.3, -0.25) is 0 Å². The van der Waals surface area contributed by atoms with Crippen LogP contribution in [0.25, 0.3) is 0 Å². The first-order valence-electron chi connectivity index (χ1n) is 6.91. The van der Waals surface area contributed by atoms with E-state index in [0.29, 0.717) is 0 Å². The number of aryl methyl sites for hydroxylation is 2. The molecule has 0 radical (unpaired) electrons. The molecule has 0 atom stereocenters. The highest BCUT2D eigenvalue weighted by molar-refractivity contribution is 7.05. The molecule has 0 saturated heterocycles. The number of aromatic nitrogens is 2. The molecule has 1 aromatic heterocycles. The number of hydrogen-bond donors (Lipinski definition) is 1. The molecule has 0 spiro atoms. The van der Waals surface area contributed by atoms with Gasteiger partial charge in [-0.1, -0.05) is 26.2 Å². The Morgan fingerprint density at radius 1 is 1.05 bits per heavy atom. The molecule has 0 aliphatic carbocycles. The fourth-order valence-corrected chi connectivity index (χ4v) is 1.58. The van der Waals surface area contributed by atoms with E-state index in [1.54, 1.807) is 0 Å². The van der Waals surface area contributed by atoms with Crippen LogP contribution in [0.3, 0.4) is 0 Å². The standard InChI is InChI=1S/C10H18N2.C4BN4/c1-3-4-5-6-7-10-11-8-9-12(10)2;6-1-5(2-7,3-8)4-9/h8-9H,3-7H2,1-2H3;/q;-1/p+1. The Hall–Kier alpha value is -2.77. The average Bonchev–Trinajstić information content (AvgIpc) is 2.93. The lowest BCUT2D eigenvalue weighted by Crippen LogP contribution is -2.30. The maximum atomic E-state index is 8.09. The Balaban J connectivity index is 0.000000400. The summed E-state index contributed by atoms with van der Waals surface area (Å²) in [6.45, 7) is 2.24. The lowest BCUT2D eigenvalue weighted by atomic mass is 9.30. The third-order valence-corrected chi connectivity index (χ3v) is 3.02. The van der Waals surface area contributed by atoms with Gasteiger partial charge >= 0.3 is 6.15 Å². The predicted octanol–water partition coefficient (Wildman–Crippen LogP) is 1.65. The molecule has 1 rings (SSSR count). The van der Waals surface area contributed by atoms with Crippen LogP contribution in [0.5, 0.6) is 0 Å². The number of unbranched alkanes of at least 4 members (excludes halogenated alkanes) is 3. The fraction of sp³-hybridized carbons (Fsp3) is 0.500. The van der Waals surface area contributed by atoms with Gasteiger partial charge in [-0.15, -0.1) is 23.9 Å². The van der Waals surface area contributed by atoms with Gasteiger partial charge in [0.1, 0.15) is 12.4 Å². The first-order chi connectivity index (χ1) is 10.1. The fourth-order valence-electron chi connectivity index (χ4n) is 1.58. The van der Waals surface area contributed by atoms with Crippen LogP contribution in [0.15, 0.2) is 12.4 Å². The third-order valence-electron chi connectivity index (χ3n) is 3.02. The van der Waals surface area contributed by atoms with Crippen LogP contribution in [0.4, 0.5) is 0 Å². The van der Waals surface area contributed by atoms with Crippen molar-refractivity contribution in [1.29, 1.82) is 21.0 Å². The smallest absolute Gasteiger partial charge is 0.248 e. The van der Waals surface area contributed by atoms with Crippen LogP contribution in [0.1, 0.15) is 38.4 Å². The summed E-state index contributed by atoms with van der Waals surface area (Å²) in [5.41, 5.74) is 0. The monoisotopic (exact) mass is 282 g/mol. The molecule has 0 aromatic carbocycles. The van der Waals surface area contributed by atoms with Crippen molar-refractivity contribution >= 4 is 6.15 Å². The highest BCUT2D eigenvalue weighted by Crippen LogP contribution is 2.02. The molecular formula is C14H19BN6. The molecule has 0 aliphatic heterocycles. The van der Waals surface area contributed by atoms with Crippen molar-refractivity contribution < 1.29 is 4.57 Å². The molecule has 0 aliphatic rings. The number of nitrogens with one attached hydrogen (secondary N) is 1. The van der Waals surface area contributed by atoms with E-state index in [1.807, 2.05) is 6.20 Å². The average molecular weight is 282 g/mol. The molecule has 1 N–H and O–H groups in total. The zero-order chi connectivity index (χ0) is 16.1. The van der Waals surface area contributed by atoms with Gasteiger partial charge in [0.05, 0.1) is 7.05 Å². The number of rotatable bonds is 5. The van der Waals surface area contributed by atoms with Gasteiger partial charge in [0, 0.05) is 6.42 Å². The summed E-state index contributed by atoms with van der Waals surface area (Å²) in [6.07, 6.45) is 7.87. The van der Waals surface area contributed by atoms with Crippen molar-refractivity contribution in [3.63, 3.8) is 0 Å². The highest BCUT2D eigenvalue weighted by Gasteiger charge is 2.22. The topological polar surface area (TPSA) is 115 Å². The van der Waals surface area contributed by atoms with E-state index in [2.05, 4.69) is 29.7 Å². The van der Waals surface area contributed by atoms with Crippen LogP contribution in [0.2, 0.25) is 0 Å². The van der Waals surface area contributed by atoms with Crippen LogP contribution in [-0.2, 0) is 13.5 Å². The second-order valence-corrected chi connectivity index (χ2v) is 4.71. The van der Waals surface area contributed by atoms with E-state index >= 15 is 0 Å². The largest absolute Gasteiger partial charge is 0.383 e. The Labute approximate surface area is 125 Å². The van der Waals surface area contributed by atoms with Gasteiger partial charge in [0.2, 0.25) is 0 Å². The van der Waals surface area contributed by atoms with E-state index in [9.17, 15) is 0 Å². The molecule has 0 unspecified atom stereocenters. The number of H-pyrrole nitrogens is 1. The maximum Gasteiger partial charge on any atom is 0.383 e. The quantitative estimate of drug-likeness (QED) is 0.502. The van der Waals surface area contributed by atoms with E-state index in [1.165, 1.54) is 61.8 Å². The van der Waals surface area contributed by atoms with Gasteiger partial charge in [-0.05, 0) is 6.42 Å². The lowest BCUT2D eigenvalue weighted by Gasteiger charge is -1.98. The van der Waals surface area contributed by atoms with Crippen molar-refractivity contribution in [1.82, 2.24) is 4.98 Å². The molecule has 6 nitrogen and oxygen atoms in total. The zero-order valence-corrected chi connectivity index (χ0v) is 12.5. The molecule has 0 amide bonds. The van der Waals surface area contributed by atoms with Crippen LogP contribution >= 0.6 is 0 Å². The molecule has 0 fully saturated rings. The first-order valence-corrected chi connectivity index (χ1v) is 6.91. The summed E-state index contributed by atoms with van der Waals surface area (Å²) in [4.78, 5) is 3.25. The number of hydrogen-bond acceptors (Lipinski definition) is 4. The molecule has 7 heteroatoms. The number of aromatic amines is 1. The summed E-state index contributed by atoms with van der Waals surface area (Å²) < 4.78 is 2.16. The van der Waals surface area contributed by atoms with Crippen molar-refractivity contribution in [3.8, 4) is 23.9 Å². The maximum absolute atomic E-state index is 8.09. The Bertz CT molecular complexity index is 531. The number of nitriles is 4. The molecule has 1 aromatic rings. The van der Waals surface area contributed by atoms with Crippen molar-refractivity contribution in [3.05, 3.63) is 18.2 Å². The minimum atomic E-state index is -2.72. The Morgan fingerprint density at radius 3 is 1.95 bits per heavy atom. The molecule has 108 valence electrons. The molecule has 0 bridgehead atoms. The van der Waals surface area contributed by atoms with Gasteiger partial charge < -0.3 is 0 Å². The zero-order valence-electron chi connectivity index (χ0n) is 12.5. The minimum absolute atomic E-state index is 1.18. The van der Waals surface area contributed by atoms with E-state index in [0.717, 1.165) is 0 Å². The van der Waals surface area contributed by atoms with Crippen molar-refractivity contribution in [2.24, 2.45) is 7.05 Å². The van der Waals surface area contributed by atoms with Crippen molar-refractivity contribution in [2.45, 2.75) is 39.0 Å². The summed E-state index contributed by atoms with van der Waals surface area (Å²) in [5.74, 6) is 6.71. The summed E-state index contributed by atoms with van der Waals surface area (Å²) in [6, 6.07) is 0. The second-order valence-electron chi connectivity index (χ2n) is 4.71. The van der Waals surface area contributed by atoms with Gasteiger partial charge in [-0.25, -0.2) is 30.6 Å². The molecule has 1 heterocycles. The first kappa shape index (κ1) is 18.2. The Morgan fingerprint density at radius 2 is 1.62 bits per heavy atom. The number of imidazole rings is 1. The molecular weight excluding hydrogens is 263 g/mol. The summed E-state index contributed by atoms with van der Waals surface area (Å²) >= 11 is 0. The summed E-state index contributed by atoms with van der Waals surface area (Å²) in [5, 5.41) is 32.3. The van der Waals surface area contributed by atoms with E-state index < -0.39 is 6.15 Å². The molecule has 0 saturated carbocycles. The number of nitrogens with zero attached hydrogens (tertiary/aromatic N) is 5.